The van der Waals surface area contributed by atoms with E-state index >= 15 is 0 Å². The van der Waals surface area contributed by atoms with Crippen LogP contribution in [0.2, 0.25) is 0 Å². The molecule has 4 unspecified atom stereocenters. The van der Waals surface area contributed by atoms with Crippen molar-refractivity contribution in [3.63, 3.8) is 0 Å². The maximum absolute atomic E-state index is 14.4. The normalized spacial score (nSPS) is 38.6. The van der Waals surface area contributed by atoms with E-state index in [1.54, 1.807) is 41.1 Å². The molecule has 0 aromatic rings. The standard InChI is InChI=1S/C51H79NO13/c1-30-16-12-11-13-17-31(2)42(61-8)28-38-21-19-36(7)51(60,65-38)48(57)49(58)52-23-15-14-18-39(52)50(59)64-43(33(4)26-37-20-22-40(53)44(27-37)62-9)29-41(54)32(3)25-35(6)46(56)47(63-10)45(55)34(5)24-30/h11-13,16-17,25,30,33-40,42-44,46-47,53,56,60H,14-15,18-24,26-29H2,1-10H3/b13-11?,16-12?,31-17?,32-25+/t30-,33-,34-,35?,36-,37+,38+,39?,40-,42+,43?,44-,46?,47+,51-/m1/s1. The lowest BCUT2D eigenvalue weighted by Gasteiger charge is -2.42. The van der Waals surface area contributed by atoms with Gasteiger partial charge in [0.05, 0.1) is 30.5 Å². The van der Waals surface area contributed by atoms with Crippen molar-refractivity contribution in [3.8, 4) is 0 Å². The van der Waals surface area contributed by atoms with Gasteiger partial charge in [0.1, 0.15) is 18.2 Å². The van der Waals surface area contributed by atoms with E-state index in [4.69, 9.17) is 23.7 Å². The smallest absolute Gasteiger partial charge is 0.329 e. The lowest BCUT2D eigenvalue weighted by Crippen LogP contribution is -2.61. The van der Waals surface area contributed by atoms with Crippen LogP contribution in [-0.4, -0.2) is 132 Å². The summed E-state index contributed by atoms with van der Waals surface area (Å²) in [4.78, 5) is 71.7. The van der Waals surface area contributed by atoms with Crippen molar-refractivity contribution in [1.29, 1.82) is 0 Å². The highest BCUT2D eigenvalue weighted by atomic mass is 16.6. The number of rotatable bonds is 6. The van der Waals surface area contributed by atoms with Gasteiger partial charge in [-0.1, -0.05) is 71.1 Å². The average molecular weight is 914 g/mol. The number of cyclic esters (lactones) is 1. The highest BCUT2D eigenvalue weighted by molar-refractivity contribution is 6.39. The molecule has 366 valence electrons. The van der Waals surface area contributed by atoms with E-state index in [1.165, 1.54) is 12.0 Å². The number of allylic oxidation sites excluding steroid dienone is 6. The molecular weight excluding hydrogens is 835 g/mol. The van der Waals surface area contributed by atoms with Crippen molar-refractivity contribution in [2.24, 2.45) is 35.5 Å². The quantitative estimate of drug-likeness (QED) is 0.202. The van der Waals surface area contributed by atoms with E-state index in [0.29, 0.717) is 63.4 Å². The van der Waals surface area contributed by atoms with Gasteiger partial charge in [0.15, 0.2) is 11.6 Å². The minimum Gasteiger partial charge on any atom is -0.460 e. The molecule has 3 N–H and O–H groups in total. The Kier molecular flexibility index (Phi) is 21.0. The number of hydrogen-bond acceptors (Lipinski definition) is 13. The Balaban J connectivity index is 1.70. The zero-order chi connectivity index (χ0) is 48.2. The van der Waals surface area contributed by atoms with Crippen molar-refractivity contribution >= 4 is 29.2 Å². The molecule has 0 radical (unpaired) electrons. The lowest BCUT2D eigenvalue weighted by atomic mass is 9.78. The van der Waals surface area contributed by atoms with Crippen LogP contribution in [0.1, 0.15) is 126 Å². The SMILES string of the molecule is CO[C@H]1C[C@@H]2CC[C@@H](C)[C@@](O)(O2)C(=O)C(=O)N2CCCCC2C(=O)OC([C@H](C)C[C@@H]2CC[C@@H](O)[C@H](OC)C2)CC(=O)/C(C)=C/C(C)C(O)[C@@H](OC)C(=O)[C@H](C)C[C@H](C)C=CC=CC=C1C. The van der Waals surface area contributed by atoms with Crippen molar-refractivity contribution in [2.75, 3.05) is 27.9 Å². The van der Waals surface area contributed by atoms with Crippen LogP contribution in [0.4, 0.5) is 0 Å². The molecule has 0 aromatic heterocycles. The van der Waals surface area contributed by atoms with Crippen LogP contribution >= 0.6 is 0 Å². The predicted molar refractivity (Wildman–Crippen MR) is 245 cm³/mol. The van der Waals surface area contributed by atoms with Crippen molar-refractivity contribution in [3.05, 3.63) is 47.6 Å². The number of Topliss-reactive ketones (excluding diaryl/α,β-unsaturated/α-hetero) is 3. The van der Waals surface area contributed by atoms with Crippen LogP contribution in [0, 0.1) is 35.5 Å². The summed E-state index contributed by atoms with van der Waals surface area (Å²) in [6.07, 6.45) is 11.2. The Morgan fingerprint density at radius 1 is 0.862 bits per heavy atom. The lowest BCUT2D eigenvalue weighted by molar-refractivity contribution is -0.265. The van der Waals surface area contributed by atoms with Crippen molar-refractivity contribution < 1.29 is 63.0 Å². The molecule has 1 amide bonds. The maximum Gasteiger partial charge on any atom is 0.329 e. The molecule has 1 saturated carbocycles. The van der Waals surface area contributed by atoms with Gasteiger partial charge in [0, 0.05) is 58.5 Å². The molecule has 1 aliphatic carbocycles. The summed E-state index contributed by atoms with van der Waals surface area (Å²) in [6, 6.07) is -1.14. The molecular formula is C51H79NO13. The van der Waals surface area contributed by atoms with Gasteiger partial charge in [-0.3, -0.25) is 19.2 Å². The van der Waals surface area contributed by atoms with E-state index in [2.05, 4.69) is 0 Å². The number of aliphatic hydroxyl groups excluding tert-OH is 2. The fraction of sp³-hybridized carbons (Fsp3) is 0.745. The number of methoxy groups -OCH3 is 3. The summed E-state index contributed by atoms with van der Waals surface area (Å²) >= 11 is 0. The fourth-order valence-electron chi connectivity index (χ4n) is 10.1. The van der Waals surface area contributed by atoms with Crippen LogP contribution in [0.25, 0.3) is 0 Å². The summed E-state index contributed by atoms with van der Waals surface area (Å²) in [5.74, 6) is -7.93. The molecule has 3 fully saturated rings. The second-order valence-electron chi connectivity index (χ2n) is 19.6. The number of aliphatic hydroxyl groups is 3. The Labute approximate surface area is 387 Å². The molecule has 4 rings (SSSR count). The topological polar surface area (TPSA) is 195 Å². The largest absolute Gasteiger partial charge is 0.460 e. The monoisotopic (exact) mass is 914 g/mol. The van der Waals surface area contributed by atoms with Crippen LogP contribution in [0.3, 0.4) is 0 Å². The summed E-state index contributed by atoms with van der Waals surface area (Å²) in [6.45, 7) is 12.7. The molecule has 3 heterocycles. The number of esters is 1. The summed E-state index contributed by atoms with van der Waals surface area (Å²) in [5.41, 5.74) is 1.19. The zero-order valence-corrected chi connectivity index (χ0v) is 40.6. The van der Waals surface area contributed by atoms with Gasteiger partial charge in [-0.25, -0.2) is 4.79 Å². The van der Waals surface area contributed by atoms with Crippen molar-refractivity contribution in [1.82, 2.24) is 4.90 Å². The van der Waals surface area contributed by atoms with Gasteiger partial charge in [-0.15, -0.1) is 0 Å². The Bertz CT molecular complexity index is 1760. The minimum absolute atomic E-state index is 0.0220. The summed E-state index contributed by atoms with van der Waals surface area (Å²) in [7, 11) is 4.53. The first-order valence-corrected chi connectivity index (χ1v) is 23.9. The third-order valence-electron chi connectivity index (χ3n) is 14.5. The van der Waals surface area contributed by atoms with Gasteiger partial charge < -0.3 is 43.9 Å². The molecule has 4 aliphatic rings. The Hall–Kier alpha value is -3.37. The molecule has 0 spiro atoms. The van der Waals surface area contributed by atoms with E-state index in [-0.39, 0.29) is 54.8 Å². The number of fused-ring (bicyclic) bond motifs is 3. The van der Waals surface area contributed by atoms with Gasteiger partial charge in [0.2, 0.25) is 5.79 Å². The highest BCUT2D eigenvalue weighted by Crippen LogP contribution is 2.38. The number of carbonyl (C=O) groups excluding carboxylic acids is 5. The molecule has 14 heteroatoms. The number of ether oxygens (including phenoxy) is 5. The Morgan fingerprint density at radius 2 is 1.58 bits per heavy atom. The highest BCUT2D eigenvalue weighted by Gasteiger charge is 2.53. The van der Waals surface area contributed by atoms with Crippen molar-refractivity contribution in [2.45, 2.75) is 180 Å². The predicted octanol–water partition coefficient (Wildman–Crippen LogP) is 6.18. The number of amides is 1. The molecule has 3 aliphatic heterocycles. The number of piperidine rings is 1. The number of nitrogens with zero attached hydrogens (tertiary/aromatic N) is 1. The first-order chi connectivity index (χ1) is 30.7. The first-order valence-electron chi connectivity index (χ1n) is 23.9. The third-order valence-corrected chi connectivity index (χ3v) is 14.5. The molecule has 2 bridgehead atoms. The van der Waals surface area contributed by atoms with E-state index in [9.17, 15) is 39.3 Å². The van der Waals surface area contributed by atoms with E-state index < -0.39 is 83.9 Å². The summed E-state index contributed by atoms with van der Waals surface area (Å²) < 4.78 is 29.4. The molecule has 15 atom stereocenters. The summed E-state index contributed by atoms with van der Waals surface area (Å²) in [5, 5.41) is 33.9. The number of ketones is 3. The van der Waals surface area contributed by atoms with Crippen LogP contribution < -0.4 is 0 Å². The molecule has 2 saturated heterocycles. The van der Waals surface area contributed by atoms with Gasteiger partial charge >= 0.3 is 5.97 Å². The molecule has 0 aromatic carbocycles. The second kappa shape index (κ2) is 25.1. The van der Waals surface area contributed by atoms with Gasteiger partial charge in [0.25, 0.3) is 11.7 Å². The molecule has 65 heavy (non-hydrogen) atoms. The zero-order valence-electron chi connectivity index (χ0n) is 40.6. The van der Waals surface area contributed by atoms with E-state index in [0.717, 1.165) is 12.0 Å². The fourth-order valence-corrected chi connectivity index (χ4v) is 10.1. The van der Waals surface area contributed by atoms with Crippen LogP contribution in [0.5, 0.6) is 0 Å². The maximum atomic E-state index is 14.4. The minimum atomic E-state index is -2.43. The van der Waals surface area contributed by atoms with E-state index in [1.807, 2.05) is 58.1 Å². The van der Waals surface area contributed by atoms with Crippen LogP contribution in [-0.2, 0) is 47.7 Å². The molecule has 14 nitrogen and oxygen atoms in total. The number of hydrogen-bond donors (Lipinski definition) is 3. The third kappa shape index (κ3) is 14.3. The second-order valence-corrected chi connectivity index (χ2v) is 19.6. The Morgan fingerprint density at radius 3 is 2.26 bits per heavy atom. The van der Waals surface area contributed by atoms with Gasteiger partial charge in [-0.05, 0) is 107 Å². The van der Waals surface area contributed by atoms with Gasteiger partial charge in [-0.2, -0.15) is 0 Å². The first kappa shape index (κ1) is 54.2. The average Bonchev–Trinajstić information content (AvgIpc) is 3.28. The van der Waals surface area contributed by atoms with Crippen LogP contribution in [0.15, 0.2) is 47.6 Å². The number of carbonyl (C=O) groups is 5.